The summed E-state index contributed by atoms with van der Waals surface area (Å²) in [6, 6.07) is 4.48. The van der Waals surface area contributed by atoms with Gasteiger partial charge in [0.15, 0.2) is 5.65 Å². The van der Waals surface area contributed by atoms with E-state index in [1.54, 1.807) is 15.0 Å². The van der Waals surface area contributed by atoms with Crippen LogP contribution in [0, 0.1) is 0 Å². The third-order valence-corrected chi connectivity index (χ3v) is 4.92. The number of halogens is 3. The number of aromatic nitrogens is 5. The fourth-order valence-electron chi connectivity index (χ4n) is 3.01. The zero-order chi connectivity index (χ0) is 21.6. The molecule has 156 valence electrons. The summed E-state index contributed by atoms with van der Waals surface area (Å²) < 4.78 is 31.3. The van der Waals surface area contributed by atoms with Crippen LogP contribution in [0.5, 0.6) is 5.75 Å². The number of ether oxygens (including phenoxy) is 1. The van der Waals surface area contributed by atoms with Gasteiger partial charge in [-0.05, 0) is 39.0 Å². The van der Waals surface area contributed by atoms with Crippen LogP contribution in [0.15, 0.2) is 30.6 Å². The summed E-state index contributed by atoms with van der Waals surface area (Å²) in [5.74, 6) is -0.258. The van der Waals surface area contributed by atoms with Crippen LogP contribution in [-0.4, -0.2) is 41.0 Å². The van der Waals surface area contributed by atoms with E-state index in [1.165, 1.54) is 18.3 Å². The SMILES string of the molecule is CC(C)(C)NC(=O)c1cn(I)c2ncc(-c3n[nH]c4ccc(OC(F)F)cc34)nc12. The van der Waals surface area contributed by atoms with Crippen LogP contribution >= 0.6 is 22.9 Å². The minimum Gasteiger partial charge on any atom is -0.435 e. The van der Waals surface area contributed by atoms with Crippen molar-refractivity contribution in [3.8, 4) is 17.1 Å². The highest BCUT2D eigenvalue weighted by molar-refractivity contribution is 14.1. The Balaban J connectivity index is 1.82. The fraction of sp³-hybridized carbons (Fsp3) is 0.263. The number of aromatic amines is 1. The summed E-state index contributed by atoms with van der Waals surface area (Å²) in [5.41, 5.74) is 2.36. The van der Waals surface area contributed by atoms with Gasteiger partial charge in [0.25, 0.3) is 5.91 Å². The monoisotopic (exact) mass is 526 g/mol. The summed E-state index contributed by atoms with van der Waals surface area (Å²) in [6.45, 7) is 2.74. The number of hydrogen-bond donors (Lipinski definition) is 2. The van der Waals surface area contributed by atoms with Crippen molar-refractivity contribution < 1.29 is 18.3 Å². The van der Waals surface area contributed by atoms with Crippen molar-refractivity contribution in [3.63, 3.8) is 0 Å². The van der Waals surface area contributed by atoms with E-state index in [0.29, 0.717) is 39.0 Å². The Bertz CT molecular complexity index is 1260. The van der Waals surface area contributed by atoms with Crippen molar-refractivity contribution in [1.29, 1.82) is 0 Å². The predicted octanol–water partition coefficient (Wildman–Crippen LogP) is 4.30. The topological polar surface area (TPSA) is 97.7 Å². The van der Waals surface area contributed by atoms with Gasteiger partial charge in [-0.15, -0.1) is 0 Å². The lowest BCUT2D eigenvalue weighted by Crippen LogP contribution is -2.40. The number of fused-ring (bicyclic) bond motifs is 2. The van der Waals surface area contributed by atoms with E-state index in [-0.39, 0.29) is 11.7 Å². The van der Waals surface area contributed by atoms with Gasteiger partial charge in [0.2, 0.25) is 0 Å². The second kappa shape index (κ2) is 7.45. The molecule has 4 aromatic rings. The molecule has 0 spiro atoms. The molecular formula is C19H17F2IN6O2. The predicted molar refractivity (Wildman–Crippen MR) is 116 cm³/mol. The molecule has 2 N–H and O–H groups in total. The van der Waals surface area contributed by atoms with Crippen LogP contribution in [-0.2, 0) is 0 Å². The molecule has 0 aliphatic heterocycles. The normalized spacial score (nSPS) is 12.1. The van der Waals surface area contributed by atoms with E-state index in [9.17, 15) is 13.6 Å². The zero-order valence-corrected chi connectivity index (χ0v) is 18.4. The lowest BCUT2D eigenvalue weighted by atomic mass is 10.1. The van der Waals surface area contributed by atoms with Gasteiger partial charge in [0.05, 0.1) is 40.1 Å². The summed E-state index contributed by atoms with van der Waals surface area (Å²) >= 11 is 2.03. The molecule has 30 heavy (non-hydrogen) atoms. The molecule has 0 fully saturated rings. The second-order valence-electron chi connectivity index (χ2n) is 7.64. The van der Waals surface area contributed by atoms with Gasteiger partial charge in [0.1, 0.15) is 22.7 Å². The van der Waals surface area contributed by atoms with Gasteiger partial charge in [-0.2, -0.15) is 13.9 Å². The minimum atomic E-state index is -2.93. The molecule has 1 aromatic carbocycles. The van der Waals surface area contributed by atoms with Gasteiger partial charge in [0, 0.05) is 17.1 Å². The van der Waals surface area contributed by atoms with Gasteiger partial charge in [-0.3, -0.25) is 12.7 Å². The molecule has 3 aromatic heterocycles. The summed E-state index contributed by atoms with van der Waals surface area (Å²) in [7, 11) is 0. The molecule has 0 bridgehead atoms. The van der Waals surface area contributed by atoms with Crippen LogP contribution in [0.2, 0.25) is 0 Å². The standard InChI is InChI=1S/C19H17F2IN6O2/c1-19(2,3)25-17(29)11-8-28(22)16-15(11)24-13(7-23-16)14-10-6-9(30-18(20)21)4-5-12(10)26-27-14/h4-8,18H,1-3H3,(H,25,29)(H,26,27). The first kappa shape index (κ1) is 20.4. The number of alkyl halides is 2. The molecular weight excluding hydrogens is 509 g/mol. The number of benzene rings is 1. The number of amides is 1. The molecule has 8 nitrogen and oxygen atoms in total. The van der Waals surface area contributed by atoms with Crippen molar-refractivity contribution in [2.75, 3.05) is 0 Å². The van der Waals surface area contributed by atoms with Gasteiger partial charge in [-0.25, -0.2) is 9.97 Å². The molecule has 0 atom stereocenters. The number of nitrogens with one attached hydrogen (secondary N) is 2. The quantitative estimate of drug-likeness (QED) is 0.387. The molecule has 0 saturated heterocycles. The van der Waals surface area contributed by atoms with E-state index >= 15 is 0 Å². The first-order valence-electron chi connectivity index (χ1n) is 8.92. The van der Waals surface area contributed by atoms with Crippen molar-refractivity contribution in [2.45, 2.75) is 32.9 Å². The van der Waals surface area contributed by atoms with Crippen LogP contribution in [0.1, 0.15) is 31.1 Å². The smallest absolute Gasteiger partial charge is 0.387 e. The van der Waals surface area contributed by atoms with E-state index < -0.39 is 12.2 Å². The average molecular weight is 526 g/mol. The molecule has 0 unspecified atom stereocenters. The Kier molecular flexibility index (Phi) is 5.08. The Morgan fingerprint density at radius 3 is 2.80 bits per heavy atom. The third-order valence-electron chi connectivity index (χ3n) is 4.19. The van der Waals surface area contributed by atoms with Crippen LogP contribution < -0.4 is 10.1 Å². The lowest BCUT2D eigenvalue weighted by molar-refractivity contribution is -0.0497. The maximum absolute atomic E-state index is 12.7. The first-order valence-corrected chi connectivity index (χ1v) is 9.89. The van der Waals surface area contributed by atoms with Crippen molar-refractivity contribution in [2.24, 2.45) is 0 Å². The van der Waals surface area contributed by atoms with E-state index in [1.807, 2.05) is 43.6 Å². The maximum atomic E-state index is 12.7. The summed E-state index contributed by atoms with van der Waals surface area (Å²) in [6.07, 6.45) is 3.19. The highest BCUT2D eigenvalue weighted by Gasteiger charge is 2.22. The lowest BCUT2D eigenvalue weighted by Gasteiger charge is -2.19. The molecule has 0 aliphatic rings. The maximum Gasteiger partial charge on any atom is 0.387 e. The van der Waals surface area contributed by atoms with Crippen LogP contribution in [0.4, 0.5) is 8.78 Å². The van der Waals surface area contributed by atoms with Gasteiger partial charge < -0.3 is 10.1 Å². The number of carbonyl (C=O) groups excluding carboxylic acids is 1. The van der Waals surface area contributed by atoms with Gasteiger partial charge >= 0.3 is 6.61 Å². The highest BCUT2D eigenvalue weighted by Crippen LogP contribution is 2.30. The van der Waals surface area contributed by atoms with Gasteiger partial charge in [-0.1, -0.05) is 0 Å². The Hall–Kier alpha value is -2.83. The fourth-order valence-corrected chi connectivity index (χ4v) is 3.64. The van der Waals surface area contributed by atoms with E-state index in [2.05, 4.69) is 30.2 Å². The third kappa shape index (κ3) is 3.93. The van der Waals surface area contributed by atoms with E-state index in [0.717, 1.165) is 0 Å². The molecule has 3 heterocycles. The second-order valence-corrected chi connectivity index (χ2v) is 8.68. The zero-order valence-electron chi connectivity index (χ0n) is 16.2. The van der Waals surface area contributed by atoms with Crippen LogP contribution in [0.25, 0.3) is 33.5 Å². The van der Waals surface area contributed by atoms with E-state index in [4.69, 9.17) is 0 Å². The molecule has 1 amide bonds. The molecule has 0 saturated carbocycles. The molecule has 0 aliphatic carbocycles. The van der Waals surface area contributed by atoms with Crippen molar-refractivity contribution in [1.82, 2.24) is 28.3 Å². The van der Waals surface area contributed by atoms with Crippen molar-refractivity contribution >= 4 is 50.8 Å². The average Bonchev–Trinajstić information content (AvgIpc) is 3.20. The Morgan fingerprint density at radius 2 is 2.10 bits per heavy atom. The number of nitrogens with zero attached hydrogens (tertiary/aromatic N) is 4. The largest absolute Gasteiger partial charge is 0.435 e. The number of carbonyl (C=O) groups is 1. The Morgan fingerprint density at radius 1 is 1.33 bits per heavy atom. The summed E-state index contributed by atoms with van der Waals surface area (Å²) in [4.78, 5) is 21.8. The Labute approximate surface area is 183 Å². The molecule has 11 heteroatoms. The highest BCUT2D eigenvalue weighted by atomic mass is 127. The first-order chi connectivity index (χ1) is 14.1. The molecule has 0 radical (unpaired) electrons. The number of hydrogen-bond acceptors (Lipinski definition) is 5. The number of H-pyrrole nitrogens is 1. The van der Waals surface area contributed by atoms with Crippen LogP contribution in [0.3, 0.4) is 0 Å². The van der Waals surface area contributed by atoms with Crippen molar-refractivity contribution in [3.05, 3.63) is 36.2 Å². The molecule has 4 rings (SSSR count). The summed E-state index contributed by atoms with van der Waals surface area (Å²) in [5, 5.41) is 10.6. The number of rotatable bonds is 4. The minimum absolute atomic E-state index is 0.0119.